The van der Waals surface area contributed by atoms with Crippen LogP contribution in [0, 0.1) is 0 Å². The summed E-state index contributed by atoms with van der Waals surface area (Å²) in [6.07, 6.45) is 4.00. The lowest BCUT2D eigenvalue weighted by Crippen LogP contribution is -2.20. The highest BCUT2D eigenvalue weighted by Crippen LogP contribution is 2.08. The van der Waals surface area contributed by atoms with Crippen LogP contribution < -0.4 is 0 Å². The molecule has 46 valence electrons. The quantitative estimate of drug-likeness (QED) is 0.469. The average Bonchev–Trinajstić information content (AvgIpc) is 1.64. The molecule has 0 aromatic rings. The van der Waals surface area contributed by atoms with Gasteiger partial charge in [0.2, 0.25) is 0 Å². The second-order valence-electron chi connectivity index (χ2n) is 2.00. The van der Waals surface area contributed by atoms with Crippen LogP contribution in [0.25, 0.3) is 0 Å². The van der Waals surface area contributed by atoms with Crippen LogP contribution >= 0.6 is 0 Å². The lowest BCUT2D eigenvalue weighted by atomic mass is 10.2. The van der Waals surface area contributed by atoms with E-state index in [2.05, 4.69) is 0 Å². The minimum absolute atomic E-state index is 0.176. The van der Waals surface area contributed by atoms with Crippen LogP contribution in [0.2, 0.25) is 0 Å². The van der Waals surface area contributed by atoms with E-state index in [4.69, 9.17) is 9.84 Å². The van der Waals surface area contributed by atoms with E-state index in [1.54, 1.807) is 6.08 Å². The summed E-state index contributed by atoms with van der Waals surface area (Å²) >= 11 is 0. The molecule has 0 aromatic carbocycles. The molecule has 8 heavy (non-hydrogen) atoms. The second-order valence-corrected chi connectivity index (χ2v) is 2.00. The zero-order chi connectivity index (χ0) is 5.98. The smallest absolute Gasteiger partial charge is 0.174 e. The maximum atomic E-state index is 8.77. The summed E-state index contributed by atoms with van der Waals surface area (Å²) in [6, 6.07) is 0. The standard InChI is InChI=1S/C6H10O2/c1-5-3-2-4-6(7)8-5/h2,4-7H,3H2,1H3. The molecule has 0 saturated carbocycles. The van der Waals surface area contributed by atoms with Crippen molar-refractivity contribution in [3.05, 3.63) is 12.2 Å². The van der Waals surface area contributed by atoms with Gasteiger partial charge >= 0.3 is 0 Å². The molecule has 0 fully saturated rings. The molecular weight excluding hydrogens is 104 g/mol. The molecular formula is C6H10O2. The van der Waals surface area contributed by atoms with Gasteiger partial charge in [0, 0.05) is 0 Å². The highest BCUT2D eigenvalue weighted by Gasteiger charge is 2.09. The number of rotatable bonds is 0. The van der Waals surface area contributed by atoms with Gasteiger partial charge in [0.25, 0.3) is 0 Å². The highest BCUT2D eigenvalue weighted by atomic mass is 16.6. The molecule has 1 rings (SSSR count). The maximum absolute atomic E-state index is 8.77. The second kappa shape index (κ2) is 2.29. The van der Waals surface area contributed by atoms with Crippen LogP contribution in [0.5, 0.6) is 0 Å². The van der Waals surface area contributed by atoms with Crippen molar-refractivity contribution >= 4 is 0 Å². The van der Waals surface area contributed by atoms with Crippen LogP contribution in [0.1, 0.15) is 13.3 Å². The van der Waals surface area contributed by atoms with E-state index in [0.29, 0.717) is 0 Å². The summed E-state index contributed by atoms with van der Waals surface area (Å²) in [6.45, 7) is 1.94. The Labute approximate surface area is 48.8 Å². The van der Waals surface area contributed by atoms with Crippen LogP contribution in [0.15, 0.2) is 12.2 Å². The van der Waals surface area contributed by atoms with Crippen molar-refractivity contribution in [3.63, 3.8) is 0 Å². The summed E-state index contributed by atoms with van der Waals surface area (Å²) in [5, 5.41) is 8.77. The van der Waals surface area contributed by atoms with Crippen molar-refractivity contribution < 1.29 is 9.84 Å². The molecule has 2 nitrogen and oxygen atoms in total. The van der Waals surface area contributed by atoms with Gasteiger partial charge in [-0.05, 0) is 19.4 Å². The van der Waals surface area contributed by atoms with Gasteiger partial charge in [-0.15, -0.1) is 0 Å². The van der Waals surface area contributed by atoms with Crippen molar-refractivity contribution in [2.45, 2.75) is 25.7 Å². The predicted molar refractivity (Wildman–Crippen MR) is 30.3 cm³/mol. The van der Waals surface area contributed by atoms with Crippen molar-refractivity contribution in [3.8, 4) is 0 Å². The molecule has 0 spiro atoms. The Morgan fingerprint density at radius 3 is 2.88 bits per heavy atom. The van der Waals surface area contributed by atoms with E-state index in [0.717, 1.165) is 6.42 Å². The first-order valence-electron chi connectivity index (χ1n) is 2.79. The molecule has 0 amide bonds. The van der Waals surface area contributed by atoms with Gasteiger partial charge in [-0.1, -0.05) is 6.08 Å². The van der Waals surface area contributed by atoms with Crippen molar-refractivity contribution in [2.24, 2.45) is 0 Å². The van der Waals surface area contributed by atoms with Crippen molar-refractivity contribution in [2.75, 3.05) is 0 Å². The van der Waals surface area contributed by atoms with Crippen LogP contribution in [-0.4, -0.2) is 17.5 Å². The molecule has 1 heterocycles. The van der Waals surface area contributed by atoms with Crippen molar-refractivity contribution in [1.82, 2.24) is 0 Å². The third kappa shape index (κ3) is 1.32. The van der Waals surface area contributed by atoms with Crippen LogP contribution in [-0.2, 0) is 4.74 Å². The lowest BCUT2D eigenvalue weighted by Gasteiger charge is -2.17. The van der Waals surface area contributed by atoms with Gasteiger partial charge in [0.1, 0.15) is 0 Å². The fourth-order valence-electron chi connectivity index (χ4n) is 0.726. The monoisotopic (exact) mass is 114 g/mol. The van der Waals surface area contributed by atoms with Gasteiger partial charge in [0.05, 0.1) is 6.10 Å². The molecule has 1 aliphatic rings. The Kier molecular flexibility index (Phi) is 1.65. The summed E-state index contributed by atoms with van der Waals surface area (Å²) < 4.78 is 4.95. The molecule has 2 unspecified atom stereocenters. The number of aliphatic hydroxyl groups is 1. The molecule has 0 saturated heterocycles. The lowest BCUT2D eigenvalue weighted by molar-refractivity contribution is -0.104. The maximum Gasteiger partial charge on any atom is 0.174 e. The fourth-order valence-corrected chi connectivity index (χ4v) is 0.726. The normalized spacial score (nSPS) is 37.8. The summed E-state index contributed by atoms with van der Waals surface area (Å²) in [5.41, 5.74) is 0. The van der Waals surface area contributed by atoms with Gasteiger partial charge in [-0.25, -0.2) is 0 Å². The van der Waals surface area contributed by atoms with E-state index in [1.807, 2.05) is 13.0 Å². The zero-order valence-electron chi connectivity index (χ0n) is 4.87. The Bertz CT molecular complexity index is 98.7. The minimum atomic E-state index is -0.668. The third-order valence-electron chi connectivity index (χ3n) is 1.14. The Morgan fingerprint density at radius 1 is 1.75 bits per heavy atom. The van der Waals surface area contributed by atoms with Crippen LogP contribution in [0.3, 0.4) is 0 Å². The van der Waals surface area contributed by atoms with E-state index < -0.39 is 6.29 Å². The number of hydrogen-bond donors (Lipinski definition) is 1. The topological polar surface area (TPSA) is 29.5 Å². The van der Waals surface area contributed by atoms with Gasteiger partial charge in [-0.2, -0.15) is 0 Å². The molecule has 0 radical (unpaired) electrons. The number of aliphatic hydroxyl groups excluding tert-OH is 1. The largest absolute Gasteiger partial charge is 0.365 e. The number of hydrogen-bond acceptors (Lipinski definition) is 2. The molecule has 0 aromatic heterocycles. The predicted octanol–water partition coefficient (Wildman–Crippen LogP) is 0.670. The van der Waals surface area contributed by atoms with Gasteiger partial charge in [0.15, 0.2) is 6.29 Å². The Hall–Kier alpha value is -0.340. The average molecular weight is 114 g/mol. The molecule has 1 N–H and O–H groups in total. The molecule has 0 aliphatic carbocycles. The van der Waals surface area contributed by atoms with Crippen LogP contribution in [0.4, 0.5) is 0 Å². The van der Waals surface area contributed by atoms with Gasteiger partial charge in [-0.3, -0.25) is 0 Å². The van der Waals surface area contributed by atoms with Crippen molar-refractivity contribution in [1.29, 1.82) is 0 Å². The molecule has 2 atom stereocenters. The molecule has 2 heteroatoms. The molecule has 0 bridgehead atoms. The first-order chi connectivity index (χ1) is 3.79. The summed E-state index contributed by atoms with van der Waals surface area (Å²) in [4.78, 5) is 0. The summed E-state index contributed by atoms with van der Waals surface area (Å²) in [7, 11) is 0. The van der Waals surface area contributed by atoms with Gasteiger partial charge < -0.3 is 9.84 Å². The summed E-state index contributed by atoms with van der Waals surface area (Å²) in [5.74, 6) is 0. The Balaban J connectivity index is 2.42. The Morgan fingerprint density at radius 2 is 2.50 bits per heavy atom. The number of ether oxygens (including phenoxy) is 1. The highest BCUT2D eigenvalue weighted by molar-refractivity contribution is 4.90. The first kappa shape index (κ1) is 5.79. The zero-order valence-corrected chi connectivity index (χ0v) is 4.87. The first-order valence-corrected chi connectivity index (χ1v) is 2.79. The van der Waals surface area contributed by atoms with E-state index in [9.17, 15) is 0 Å². The SMILES string of the molecule is CC1CC=CC(O)O1. The minimum Gasteiger partial charge on any atom is -0.365 e. The fraction of sp³-hybridized carbons (Fsp3) is 0.667. The molecule has 1 aliphatic heterocycles. The third-order valence-corrected chi connectivity index (χ3v) is 1.14. The van der Waals surface area contributed by atoms with E-state index in [1.165, 1.54) is 0 Å². The van der Waals surface area contributed by atoms with E-state index in [-0.39, 0.29) is 6.10 Å². The van der Waals surface area contributed by atoms with E-state index >= 15 is 0 Å².